The summed E-state index contributed by atoms with van der Waals surface area (Å²) in [5.74, 6) is 0.120. The van der Waals surface area contributed by atoms with Crippen LogP contribution in [0.25, 0.3) is 10.8 Å². The van der Waals surface area contributed by atoms with Gasteiger partial charge in [-0.3, -0.25) is 15.1 Å². The fraction of sp³-hybridized carbons (Fsp3) is 0.280. The van der Waals surface area contributed by atoms with E-state index in [9.17, 15) is 10.1 Å². The van der Waals surface area contributed by atoms with Crippen molar-refractivity contribution in [1.29, 1.82) is 5.26 Å². The lowest BCUT2D eigenvalue weighted by Gasteiger charge is -2.29. The van der Waals surface area contributed by atoms with Crippen LogP contribution in [0.15, 0.2) is 70.8 Å². The lowest BCUT2D eigenvalue weighted by molar-refractivity contribution is -0.121. The van der Waals surface area contributed by atoms with E-state index in [0.717, 1.165) is 26.9 Å². The van der Waals surface area contributed by atoms with Crippen molar-refractivity contribution in [1.82, 2.24) is 15.6 Å². The quantitative estimate of drug-likeness (QED) is 0.164. The summed E-state index contributed by atoms with van der Waals surface area (Å²) in [5, 5.41) is 20.0. The normalized spacial score (nSPS) is 12.6. The number of nitriles is 1. The fourth-order valence-electron chi connectivity index (χ4n) is 3.21. The average molecular weight is 461 g/mol. The molecule has 7 nitrogen and oxygen atoms in total. The number of carbonyl (C=O) groups is 1. The molecule has 1 atom stereocenters. The third kappa shape index (κ3) is 6.70. The van der Waals surface area contributed by atoms with Gasteiger partial charge in [-0.1, -0.05) is 45.0 Å². The first-order chi connectivity index (χ1) is 15.8. The van der Waals surface area contributed by atoms with Crippen molar-refractivity contribution in [2.24, 2.45) is 10.4 Å². The Bertz CT molecular complexity index is 1170. The van der Waals surface area contributed by atoms with Gasteiger partial charge in [0.25, 0.3) is 0 Å². The number of hydrogen-bond donors (Lipinski definition) is 3. The zero-order valence-electron chi connectivity index (χ0n) is 19.2. The molecule has 170 valence electrons. The standard InChI is InChI=1S/C25H28N6OS/c1-25(2,3)23(30-22(32)14-17-8-10-19(33-4)11-9-17)31-24(28-16-26)29-21-7-5-6-18-15-27-13-12-20(18)21/h5-13,15,23H,14H2,1-4H3,(H,30,32)(H2,28,29,31). The van der Waals surface area contributed by atoms with Crippen LogP contribution in [-0.4, -0.2) is 29.3 Å². The van der Waals surface area contributed by atoms with E-state index in [4.69, 9.17) is 0 Å². The first-order valence-electron chi connectivity index (χ1n) is 10.5. The minimum Gasteiger partial charge on any atom is -0.333 e. The van der Waals surface area contributed by atoms with E-state index < -0.39 is 6.17 Å². The predicted octanol–water partition coefficient (Wildman–Crippen LogP) is 4.53. The van der Waals surface area contributed by atoms with Crippen LogP contribution >= 0.6 is 11.8 Å². The molecular weight excluding hydrogens is 432 g/mol. The van der Waals surface area contributed by atoms with Crippen LogP contribution in [-0.2, 0) is 11.2 Å². The molecule has 2 aromatic carbocycles. The highest BCUT2D eigenvalue weighted by Crippen LogP contribution is 2.24. The minimum absolute atomic E-state index is 0.136. The Morgan fingerprint density at radius 1 is 1.18 bits per heavy atom. The van der Waals surface area contributed by atoms with Crippen LogP contribution < -0.4 is 16.0 Å². The van der Waals surface area contributed by atoms with Gasteiger partial charge < -0.3 is 10.6 Å². The molecule has 8 heteroatoms. The van der Waals surface area contributed by atoms with Gasteiger partial charge in [0, 0.05) is 39.2 Å². The molecule has 1 aromatic heterocycles. The van der Waals surface area contributed by atoms with Crippen molar-refractivity contribution in [3.63, 3.8) is 0 Å². The Morgan fingerprint density at radius 3 is 2.61 bits per heavy atom. The van der Waals surface area contributed by atoms with E-state index in [2.05, 4.69) is 25.9 Å². The number of anilines is 1. The maximum atomic E-state index is 12.8. The van der Waals surface area contributed by atoms with Crippen molar-refractivity contribution in [2.75, 3.05) is 11.6 Å². The van der Waals surface area contributed by atoms with Gasteiger partial charge in [0.15, 0.2) is 6.19 Å². The number of rotatable bonds is 6. The highest BCUT2D eigenvalue weighted by Gasteiger charge is 2.26. The number of nitrogens with zero attached hydrogens (tertiary/aromatic N) is 3. The lowest BCUT2D eigenvalue weighted by atomic mass is 9.92. The summed E-state index contributed by atoms with van der Waals surface area (Å²) >= 11 is 1.66. The monoisotopic (exact) mass is 460 g/mol. The molecule has 0 radical (unpaired) electrons. The number of pyridine rings is 1. The zero-order valence-corrected chi connectivity index (χ0v) is 20.0. The summed E-state index contributed by atoms with van der Waals surface area (Å²) < 4.78 is 0. The molecular formula is C25H28N6OS. The van der Waals surface area contributed by atoms with E-state index in [1.54, 1.807) is 24.2 Å². The lowest BCUT2D eigenvalue weighted by Crippen LogP contribution is -2.45. The Balaban J connectivity index is 1.82. The van der Waals surface area contributed by atoms with Gasteiger partial charge in [0.05, 0.1) is 6.42 Å². The van der Waals surface area contributed by atoms with Crippen molar-refractivity contribution in [2.45, 2.75) is 38.3 Å². The van der Waals surface area contributed by atoms with Gasteiger partial charge >= 0.3 is 0 Å². The van der Waals surface area contributed by atoms with Gasteiger partial charge in [-0.05, 0) is 36.1 Å². The molecule has 1 heterocycles. The summed E-state index contributed by atoms with van der Waals surface area (Å²) in [6, 6.07) is 15.6. The number of aromatic nitrogens is 1. The number of thioether (sulfide) groups is 1. The number of hydrogen-bond acceptors (Lipinski definition) is 5. The van der Waals surface area contributed by atoms with E-state index >= 15 is 0 Å². The largest absolute Gasteiger partial charge is 0.333 e. The summed E-state index contributed by atoms with van der Waals surface area (Å²) in [6.45, 7) is 5.97. The van der Waals surface area contributed by atoms with Gasteiger partial charge in [0.1, 0.15) is 6.17 Å². The highest BCUT2D eigenvalue weighted by molar-refractivity contribution is 7.98. The van der Waals surface area contributed by atoms with Crippen LogP contribution in [0.2, 0.25) is 0 Å². The SMILES string of the molecule is CSc1ccc(CC(=O)NC(N=C(NC#N)Nc2cccc3cnccc23)C(C)(C)C)cc1. The van der Waals surface area contributed by atoms with Crippen LogP contribution in [0.5, 0.6) is 0 Å². The van der Waals surface area contributed by atoms with E-state index in [1.807, 2.05) is 81.8 Å². The first kappa shape index (κ1) is 24.1. The average Bonchev–Trinajstić information content (AvgIpc) is 2.79. The molecule has 0 aliphatic carbocycles. The second-order valence-corrected chi connectivity index (χ2v) is 9.48. The van der Waals surface area contributed by atoms with Crippen molar-refractivity contribution in [3.05, 3.63) is 66.5 Å². The molecule has 0 aliphatic heterocycles. The number of carbonyl (C=O) groups excluding carboxylic acids is 1. The number of nitrogens with one attached hydrogen (secondary N) is 3. The van der Waals surface area contributed by atoms with Crippen molar-refractivity contribution < 1.29 is 4.79 Å². The molecule has 0 saturated heterocycles. The van der Waals surface area contributed by atoms with Gasteiger partial charge in [-0.25, -0.2) is 4.99 Å². The molecule has 0 fully saturated rings. The molecule has 1 amide bonds. The smallest absolute Gasteiger partial charge is 0.226 e. The van der Waals surface area contributed by atoms with E-state index in [0.29, 0.717) is 0 Å². The Hall–Kier alpha value is -3.57. The molecule has 3 rings (SSSR count). The zero-order chi connectivity index (χ0) is 23.8. The van der Waals surface area contributed by atoms with E-state index in [1.165, 1.54) is 0 Å². The second-order valence-electron chi connectivity index (χ2n) is 8.60. The molecule has 0 bridgehead atoms. The fourth-order valence-corrected chi connectivity index (χ4v) is 3.62. The van der Waals surface area contributed by atoms with Crippen molar-refractivity contribution >= 4 is 40.1 Å². The number of aliphatic imine (C=N–C) groups is 1. The maximum absolute atomic E-state index is 12.8. The number of benzene rings is 2. The highest BCUT2D eigenvalue weighted by atomic mass is 32.2. The third-order valence-corrected chi connectivity index (χ3v) is 5.75. The van der Waals surface area contributed by atoms with Crippen LogP contribution in [0, 0.1) is 16.9 Å². The molecule has 0 spiro atoms. The minimum atomic E-state index is -0.560. The molecule has 3 N–H and O–H groups in total. The molecule has 0 aliphatic rings. The Labute approximate surface area is 198 Å². The third-order valence-electron chi connectivity index (χ3n) is 5.01. The van der Waals surface area contributed by atoms with Crippen molar-refractivity contribution in [3.8, 4) is 6.19 Å². The van der Waals surface area contributed by atoms with Gasteiger partial charge in [-0.15, -0.1) is 11.8 Å². The second kappa shape index (κ2) is 10.8. The van der Waals surface area contributed by atoms with Crippen LogP contribution in [0.1, 0.15) is 26.3 Å². The topological polar surface area (TPSA) is 102 Å². The van der Waals surface area contributed by atoms with Crippen LogP contribution in [0.3, 0.4) is 0 Å². The Kier molecular flexibility index (Phi) is 7.91. The number of amides is 1. The molecule has 3 aromatic rings. The summed E-state index contributed by atoms with van der Waals surface area (Å²) in [4.78, 5) is 22.8. The summed E-state index contributed by atoms with van der Waals surface area (Å²) in [7, 11) is 0. The summed E-state index contributed by atoms with van der Waals surface area (Å²) in [6.07, 6.45) is 7.13. The molecule has 0 saturated carbocycles. The van der Waals surface area contributed by atoms with Crippen LogP contribution in [0.4, 0.5) is 5.69 Å². The summed E-state index contributed by atoms with van der Waals surface area (Å²) in [5.41, 5.74) is 1.33. The molecule has 33 heavy (non-hydrogen) atoms. The van der Waals surface area contributed by atoms with Gasteiger partial charge in [-0.2, -0.15) is 5.26 Å². The number of guanidine groups is 1. The number of fused-ring (bicyclic) bond motifs is 1. The maximum Gasteiger partial charge on any atom is 0.226 e. The van der Waals surface area contributed by atoms with E-state index in [-0.39, 0.29) is 23.7 Å². The molecule has 1 unspecified atom stereocenters. The van der Waals surface area contributed by atoms with Gasteiger partial charge in [0.2, 0.25) is 11.9 Å². The first-order valence-corrected chi connectivity index (χ1v) is 11.8. The Morgan fingerprint density at radius 2 is 1.94 bits per heavy atom. The predicted molar refractivity (Wildman–Crippen MR) is 135 cm³/mol.